The van der Waals surface area contributed by atoms with Crippen LogP contribution in [0.2, 0.25) is 0 Å². The summed E-state index contributed by atoms with van der Waals surface area (Å²) in [4.78, 5) is 1.98. The molecule has 0 spiro atoms. The van der Waals surface area contributed by atoms with Crippen molar-refractivity contribution in [2.75, 3.05) is 16.8 Å². The van der Waals surface area contributed by atoms with Gasteiger partial charge in [0.2, 0.25) is 6.35 Å². The molecule has 0 saturated heterocycles. The van der Waals surface area contributed by atoms with E-state index < -0.39 is 6.35 Å². The van der Waals surface area contributed by atoms with E-state index >= 15 is 0 Å². The normalized spacial score (nSPS) is 20.2. The minimum atomic E-state index is -0.830. The summed E-state index contributed by atoms with van der Waals surface area (Å²) >= 11 is 3.64. The first-order chi connectivity index (χ1) is 13.1. The zero-order valence-electron chi connectivity index (χ0n) is 14.9. The van der Waals surface area contributed by atoms with Crippen LogP contribution in [-0.4, -0.2) is 23.2 Å². The van der Waals surface area contributed by atoms with E-state index in [1.807, 2.05) is 43.0 Å². The second-order valence-electron chi connectivity index (χ2n) is 6.82. The smallest absolute Gasteiger partial charge is 0.206 e. The second-order valence-corrected chi connectivity index (χ2v) is 7.67. The SMILES string of the molecule is Cc1noc(C)c1-c1cc(Br)c2c3c1OCC(c1ccccc1)N3C(O)N2. The molecule has 2 aromatic carbocycles. The molecule has 7 heteroatoms. The summed E-state index contributed by atoms with van der Waals surface area (Å²) in [7, 11) is 0. The molecule has 2 unspecified atom stereocenters. The summed E-state index contributed by atoms with van der Waals surface area (Å²) in [5.41, 5.74) is 5.41. The van der Waals surface area contributed by atoms with E-state index in [0.29, 0.717) is 6.61 Å². The van der Waals surface area contributed by atoms with Crippen molar-refractivity contribution in [1.29, 1.82) is 0 Å². The quantitative estimate of drug-likeness (QED) is 0.632. The number of hydrogen-bond donors (Lipinski definition) is 2. The number of halogens is 1. The van der Waals surface area contributed by atoms with E-state index in [-0.39, 0.29) is 6.04 Å². The predicted octanol–water partition coefficient (Wildman–Crippen LogP) is 4.36. The van der Waals surface area contributed by atoms with Crippen molar-refractivity contribution in [3.05, 3.63) is 57.9 Å². The third kappa shape index (κ3) is 2.38. The Morgan fingerprint density at radius 1 is 1.26 bits per heavy atom. The fraction of sp³-hybridized carbons (Fsp3) is 0.250. The lowest BCUT2D eigenvalue weighted by atomic mass is 9.98. The Balaban J connectivity index is 1.73. The van der Waals surface area contributed by atoms with Crippen LogP contribution >= 0.6 is 15.9 Å². The van der Waals surface area contributed by atoms with Crippen molar-refractivity contribution in [3.8, 4) is 16.9 Å². The topological polar surface area (TPSA) is 70.8 Å². The van der Waals surface area contributed by atoms with Crippen LogP contribution in [0.3, 0.4) is 0 Å². The number of rotatable bonds is 2. The van der Waals surface area contributed by atoms with Crippen molar-refractivity contribution in [2.24, 2.45) is 0 Å². The Kier molecular flexibility index (Phi) is 3.70. The molecule has 5 rings (SSSR count). The number of hydrogen-bond acceptors (Lipinski definition) is 6. The van der Waals surface area contributed by atoms with E-state index in [2.05, 4.69) is 38.5 Å². The molecular weight excluding hydrogens is 410 g/mol. The standard InChI is InChI=1S/C20H18BrN3O3/c1-10-16(11(2)27-23-10)13-8-14(21)17-18-19(13)26-9-15(24(18)20(25)22-17)12-6-4-3-5-7-12/h3-8,15,20,22,25H,9H2,1-2H3. The van der Waals surface area contributed by atoms with Gasteiger partial charge in [-0.3, -0.25) is 0 Å². The molecule has 0 fully saturated rings. The van der Waals surface area contributed by atoms with E-state index in [4.69, 9.17) is 9.26 Å². The van der Waals surface area contributed by atoms with Crippen molar-refractivity contribution in [1.82, 2.24) is 5.16 Å². The summed E-state index contributed by atoms with van der Waals surface area (Å²) in [5, 5.41) is 18.0. The predicted molar refractivity (Wildman–Crippen MR) is 106 cm³/mol. The van der Waals surface area contributed by atoms with Crippen molar-refractivity contribution < 1.29 is 14.4 Å². The maximum Gasteiger partial charge on any atom is 0.206 e. The minimum absolute atomic E-state index is 0.0886. The van der Waals surface area contributed by atoms with Crippen molar-refractivity contribution in [3.63, 3.8) is 0 Å². The number of nitrogens with zero attached hydrogens (tertiary/aromatic N) is 2. The number of nitrogens with one attached hydrogen (secondary N) is 1. The molecule has 1 aromatic heterocycles. The lowest BCUT2D eigenvalue weighted by Gasteiger charge is -2.37. The van der Waals surface area contributed by atoms with Gasteiger partial charge in [-0.25, -0.2) is 0 Å². The second kappa shape index (κ2) is 6.00. The van der Waals surface area contributed by atoms with E-state index in [9.17, 15) is 5.11 Å². The molecule has 2 aliphatic rings. The highest BCUT2D eigenvalue weighted by molar-refractivity contribution is 9.10. The van der Waals surface area contributed by atoms with Gasteiger partial charge in [-0.2, -0.15) is 0 Å². The Bertz CT molecular complexity index is 1020. The summed E-state index contributed by atoms with van der Waals surface area (Å²) in [6.07, 6.45) is -0.830. The van der Waals surface area contributed by atoms with Gasteiger partial charge >= 0.3 is 0 Å². The first kappa shape index (κ1) is 16.6. The highest BCUT2D eigenvalue weighted by Gasteiger charge is 2.42. The van der Waals surface area contributed by atoms with Gasteiger partial charge in [-0.15, -0.1) is 0 Å². The maximum atomic E-state index is 10.8. The van der Waals surface area contributed by atoms with Gasteiger partial charge < -0.3 is 24.6 Å². The van der Waals surface area contributed by atoms with Crippen molar-refractivity contribution >= 4 is 27.3 Å². The van der Waals surface area contributed by atoms with Crippen LogP contribution in [0.1, 0.15) is 23.1 Å². The molecule has 138 valence electrons. The number of aryl methyl sites for hydroxylation is 2. The summed E-state index contributed by atoms with van der Waals surface area (Å²) in [5.74, 6) is 1.47. The number of ether oxygens (including phenoxy) is 1. The molecule has 0 radical (unpaired) electrons. The third-order valence-electron chi connectivity index (χ3n) is 5.21. The highest BCUT2D eigenvalue weighted by Crippen LogP contribution is 2.56. The summed E-state index contributed by atoms with van der Waals surface area (Å²) in [6.45, 7) is 4.25. The molecule has 0 bridgehead atoms. The third-order valence-corrected chi connectivity index (χ3v) is 5.84. The summed E-state index contributed by atoms with van der Waals surface area (Å²) in [6, 6.07) is 12.0. The van der Waals surface area contributed by atoms with Crippen LogP contribution in [0.15, 0.2) is 45.4 Å². The van der Waals surface area contributed by atoms with Gasteiger partial charge in [-0.05, 0) is 41.4 Å². The average molecular weight is 428 g/mol. The van der Waals surface area contributed by atoms with Gasteiger partial charge in [0, 0.05) is 10.0 Å². The Labute approximate surface area is 164 Å². The zero-order valence-corrected chi connectivity index (χ0v) is 16.4. The van der Waals surface area contributed by atoms with Gasteiger partial charge in [0.25, 0.3) is 0 Å². The molecule has 6 nitrogen and oxygen atoms in total. The number of anilines is 2. The van der Waals surface area contributed by atoms with Crippen LogP contribution in [0.4, 0.5) is 11.4 Å². The van der Waals surface area contributed by atoms with Crippen LogP contribution in [0, 0.1) is 13.8 Å². The van der Waals surface area contributed by atoms with Gasteiger partial charge in [0.1, 0.15) is 18.1 Å². The van der Waals surface area contributed by atoms with E-state index in [1.54, 1.807) is 0 Å². The Morgan fingerprint density at radius 2 is 2.04 bits per heavy atom. The monoisotopic (exact) mass is 427 g/mol. The fourth-order valence-electron chi connectivity index (χ4n) is 4.02. The number of aliphatic hydroxyl groups is 1. The first-order valence-corrected chi connectivity index (χ1v) is 9.56. The lowest BCUT2D eigenvalue weighted by molar-refractivity contribution is 0.164. The Morgan fingerprint density at radius 3 is 2.74 bits per heavy atom. The lowest BCUT2D eigenvalue weighted by Crippen LogP contribution is -2.43. The van der Waals surface area contributed by atoms with Crippen LogP contribution in [-0.2, 0) is 0 Å². The zero-order chi connectivity index (χ0) is 18.7. The van der Waals surface area contributed by atoms with Gasteiger partial charge in [0.05, 0.1) is 23.0 Å². The van der Waals surface area contributed by atoms with Crippen LogP contribution in [0.5, 0.6) is 5.75 Å². The number of benzene rings is 2. The highest BCUT2D eigenvalue weighted by atomic mass is 79.9. The molecule has 2 atom stereocenters. The fourth-order valence-corrected chi connectivity index (χ4v) is 4.55. The average Bonchev–Trinajstić information content (AvgIpc) is 3.20. The molecule has 2 N–H and O–H groups in total. The number of aromatic nitrogens is 1. The van der Waals surface area contributed by atoms with Crippen LogP contribution < -0.4 is 15.0 Å². The molecule has 3 aromatic rings. The van der Waals surface area contributed by atoms with Crippen molar-refractivity contribution in [2.45, 2.75) is 26.2 Å². The van der Waals surface area contributed by atoms with Crippen LogP contribution in [0.25, 0.3) is 11.1 Å². The number of aliphatic hydroxyl groups excluding tert-OH is 1. The molecule has 2 aliphatic heterocycles. The van der Waals surface area contributed by atoms with Gasteiger partial charge in [-0.1, -0.05) is 35.5 Å². The molecule has 0 aliphatic carbocycles. The van der Waals surface area contributed by atoms with E-state index in [1.165, 1.54) is 0 Å². The maximum absolute atomic E-state index is 10.8. The summed E-state index contributed by atoms with van der Waals surface area (Å²) < 4.78 is 12.5. The molecule has 0 amide bonds. The molecule has 3 heterocycles. The Hall–Kier alpha value is -2.51. The molecule has 0 saturated carbocycles. The molecular formula is C20H18BrN3O3. The van der Waals surface area contributed by atoms with Gasteiger partial charge in [0.15, 0.2) is 5.75 Å². The van der Waals surface area contributed by atoms with E-state index in [0.717, 1.165) is 49.7 Å². The first-order valence-electron chi connectivity index (χ1n) is 8.76. The minimum Gasteiger partial charge on any atom is -0.488 e. The molecule has 27 heavy (non-hydrogen) atoms. The largest absolute Gasteiger partial charge is 0.488 e.